The van der Waals surface area contributed by atoms with Crippen LogP contribution < -0.4 is 10.5 Å². The van der Waals surface area contributed by atoms with E-state index in [2.05, 4.69) is 0 Å². The lowest BCUT2D eigenvalue weighted by atomic mass is 10.2. The van der Waals surface area contributed by atoms with Crippen molar-refractivity contribution in [3.63, 3.8) is 0 Å². The molecule has 0 saturated heterocycles. The molecule has 0 radical (unpaired) electrons. The minimum Gasteiger partial charge on any atom is -0.475 e. The van der Waals surface area contributed by atoms with E-state index < -0.39 is 11.0 Å². The van der Waals surface area contributed by atoms with E-state index in [0.29, 0.717) is 6.42 Å². The Morgan fingerprint density at radius 1 is 1.56 bits per heavy atom. The zero-order chi connectivity index (χ0) is 13.9. The molecule has 0 spiro atoms. The van der Waals surface area contributed by atoms with Gasteiger partial charge in [0.15, 0.2) is 11.9 Å². The summed E-state index contributed by atoms with van der Waals surface area (Å²) in [5, 5.41) is 18.4. The molecule has 0 aliphatic heterocycles. The summed E-state index contributed by atoms with van der Waals surface area (Å²) < 4.78 is 5.32. The molecule has 0 aromatic heterocycles. The van der Waals surface area contributed by atoms with Gasteiger partial charge in [-0.3, -0.25) is 15.5 Å². The Morgan fingerprint density at radius 2 is 2.11 bits per heavy atom. The number of nitro groups is 1. The first kappa shape index (κ1) is 14.5. The van der Waals surface area contributed by atoms with Gasteiger partial charge in [-0.05, 0) is 6.42 Å². The molecular formula is C10H11Cl2N3O3. The Labute approximate surface area is 113 Å². The van der Waals surface area contributed by atoms with Crippen molar-refractivity contribution in [2.24, 2.45) is 5.73 Å². The molecule has 8 heteroatoms. The first-order chi connectivity index (χ1) is 8.36. The largest absolute Gasteiger partial charge is 0.475 e. The maximum atomic E-state index is 10.9. The molecule has 98 valence electrons. The molecule has 1 unspecified atom stereocenters. The lowest BCUT2D eigenvalue weighted by molar-refractivity contribution is -0.386. The molecule has 6 nitrogen and oxygen atoms in total. The normalized spacial score (nSPS) is 11.9. The highest BCUT2D eigenvalue weighted by Crippen LogP contribution is 2.36. The van der Waals surface area contributed by atoms with E-state index in [1.54, 1.807) is 6.92 Å². The van der Waals surface area contributed by atoms with Crippen LogP contribution in [-0.4, -0.2) is 16.9 Å². The standard InChI is InChI=1S/C10H11Cl2N3O3/c1-2-8(10(13)14)18-9-4-6(12)5(11)3-7(9)15(16)17/h3-4,8H,2H2,1H3,(H3,13,14). The molecule has 0 fully saturated rings. The van der Waals surface area contributed by atoms with Gasteiger partial charge in [0.25, 0.3) is 0 Å². The summed E-state index contributed by atoms with van der Waals surface area (Å²) in [5.41, 5.74) is 5.00. The summed E-state index contributed by atoms with van der Waals surface area (Å²) in [7, 11) is 0. The number of benzene rings is 1. The van der Waals surface area contributed by atoms with Crippen LogP contribution in [-0.2, 0) is 0 Å². The Kier molecular flexibility index (Phi) is 4.75. The van der Waals surface area contributed by atoms with E-state index in [4.69, 9.17) is 39.1 Å². The number of ether oxygens (including phenoxy) is 1. The highest BCUT2D eigenvalue weighted by molar-refractivity contribution is 6.42. The van der Waals surface area contributed by atoms with Gasteiger partial charge in [0.05, 0.1) is 15.0 Å². The smallest absolute Gasteiger partial charge is 0.312 e. The topological polar surface area (TPSA) is 102 Å². The summed E-state index contributed by atoms with van der Waals surface area (Å²) in [5.74, 6) is -0.269. The summed E-state index contributed by atoms with van der Waals surface area (Å²) >= 11 is 11.5. The lowest BCUT2D eigenvalue weighted by Gasteiger charge is -2.16. The van der Waals surface area contributed by atoms with Gasteiger partial charge < -0.3 is 10.5 Å². The number of nitrogens with one attached hydrogen (secondary N) is 1. The van der Waals surface area contributed by atoms with Gasteiger partial charge in [0.2, 0.25) is 0 Å². The van der Waals surface area contributed by atoms with Crippen molar-refractivity contribution in [2.75, 3.05) is 0 Å². The Morgan fingerprint density at radius 3 is 2.56 bits per heavy atom. The van der Waals surface area contributed by atoms with Crippen molar-refractivity contribution in [1.29, 1.82) is 5.41 Å². The average molecular weight is 292 g/mol. The fourth-order valence-electron chi connectivity index (χ4n) is 1.28. The molecule has 0 amide bonds. The molecule has 0 bridgehead atoms. The fraction of sp³-hybridized carbons (Fsp3) is 0.300. The van der Waals surface area contributed by atoms with Crippen LogP contribution >= 0.6 is 23.2 Å². The van der Waals surface area contributed by atoms with Crippen LogP contribution in [0.5, 0.6) is 5.75 Å². The average Bonchev–Trinajstić information content (AvgIpc) is 2.29. The number of halogens is 2. The summed E-state index contributed by atoms with van der Waals surface area (Å²) in [6.07, 6.45) is -0.326. The summed E-state index contributed by atoms with van der Waals surface area (Å²) in [6.45, 7) is 1.75. The van der Waals surface area contributed by atoms with E-state index in [-0.39, 0.29) is 27.3 Å². The minimum absolute atomic E-state index is 0.0588. The molecule has 1 rings (SSSR count). The predicted octanol–water partition coefficient (Wildman–Crippen LogP) is 2.99. The summed E-state index contributed by atoms with van der Waals surface area (Å²) in [6, 6.07) is 2.35. The van der Waals surface area contributed by atoms with E-state index >= 15 is 0 Å². The van der Waals surface area contributed by atoms with Crippen LogP contribution in [0.2, 0.25) is 10.0 Å². The third kappa shape index (κ3) is 3.24. The molecule has 0 heterocycles. The predicted molar refractivity (Wildman–Crippen MR) is 69.7 cm³/mol. The van der Waals surface area contributed by atoms with E-state index in [1.807, 2.05) is 0 Å². The van der Waals surface area contributed by atoms with Crippen LogP contribution in [0, 0.1) is 15.5 Å². The first-order valence-corrected chi connectivity index (χ1v) is 5.76. The maximum absolute atomic E-state index is 10.9. The van der Waals surface area contributed by atoms with Crippen molar-refractivity contribution in [1.82, 2.24) is 0 Å². The highest BCUT2D eigenvalue weighted by Gasteiger charge is 2.22. The number of nitrogens with zero attached hydrogens (tertiary/aromatic N) is 1. The molecular weight excluding hydrogens is 281 g/mol. The molecule has 0 aliphatic rings. The molecule has 1 aromatic carbocycles. The fourth-order valence-corrected chi connectivity index (χ4v) is 1.59. The highest BCUT2D eigenvalue weighted by atomic mass is 35.5. The third-order valence-electron chi connectivity index (χ3n) is 2.19. The van der Waals surface area contributed by atoms with Gasteiger partial charge in [-0.1, -0.05) is 30.1 Å². The number of rotatable bonds is 5. The van der Waals surface area contributed by atoms with Crippen molar-refractivity contribution in [3.05, 3.63) is 32.3 Å². The first-order valence-electron chi connectivity index (χ1n) is 5.00. The van der Waals surface area contributed by atoms with Gasteiger partial charge in [-0.2, -0.15) is 0 Å². The van der Waals surface area contributed by atoms with Crippen molar-refractivity contribution >= 4 is 34.7 Å². The number of amidine groups is 1. The zero-order valence-corrected chi connectivity index (χ0v) is 11.0. The van der Waals surface area contributed by atoms with Gasteiger partial charge in [0, 0.05) is 12.1 Å². The van der Waals surface area contributed by atoms with E-state index in [9.17, 15) is 10.1 Å². The lowest BCUT2D eigenvalue weighted by Crippen LogP contribution is -2.32. The third-order valence-corrected chi connectivity index (χ3v) is 2.91. The van der Waals surface area contributed by atoms with Crippen LogP contribution in [0.4, 0.5) is 5.69 Å². The van der Waals surface area contributed by atoms with Crippen LogP contribution in [0.15, 0.2) is 12.1 Å². The second-order valence-electron chi connectivity index (χ2n) is 3.46. The zero-order valence-electron chi connectivity index (χ0n) is 9.44. The van der Waals surface area contributed by atoms with Crippen molar-refractivity contribution in [3.8, 4) is 5.75 Å². The van der Waals surface area contributed by atoms with Gasteiger partial charge in [-0.15, -0.1) is 0 Å². The second kappa shape index (κ2) is 5.88. The number of nitrogens with two attached hydrogens (primary N) is 1. The SMILES string of the molecule is CCC(Oc1cc(Cl)c(Cl)cc1[N+](=O)[O-])C(=N)N. The van der Waals surface area contributed by atoms with Crippen molar-refractivity contribution in [2.45, 2.75) is 19.4 Å². The molecule has 1 aromatic rings. The number of nitro benzene ring substituents is 1. The van der Waals surface area contributed by atoms with E-state index in [1.165, 1.54) is 6.07 Å². The van der Waals surface area contributed by atoms with Crippen LogP contribution in [0.1, 0.15) is 13.3 Å². The Bertz CT molecular complexity index is 494. The monoisotopic (exact) mass is 291 g/mol. The molecule has 1 atom stereocenters. The molecule has 0 aliphatic carbocycles. The quantitative estimate of drug-likeness (QED) is 0.377. The van der Waals surface area contributed by atoms with E-state index in [0.717, 1.165) is 6.07 Å². The maximum Gasteiger partial charge on any atom is 0.312 e. The number of hydrogen-bond acceptors (Lipinski definition) is 4. The van der Waals surface area contributed by atoms with Gasteiger partial charge in [-0.25, -0.2) is 0 Å². The van der Waals surface area contributed by atoms with Crippen LogP contribution in [0.3, 0.4) is 0 Å². The molecule has 18 heavy (non-hydrogen) atoms. The second-order valence-corrected chi connectivity index (χ2v) is 4.28. The van der Waals surface area contributed by atoms with Crippen LogP contribution in [0.25, 0.3) is 0 Å². The minimum atomic E-state index is -0.735. The van der Waals surface area contributed by atoms with Crippen molar-refractivity contribution < 1.29 is 9.66 Å². The summed E-state index contributed by atoms with van der Waals surface area (Å²) in [4.78, 5) is 10.2. The molecule has 3 N–H and O–H groups in total. The Hall–Kier alpha value is -1.53. The van der Waals surface area contributed by atoms with Gasteiger partial charge >= 0.3 is 5.69 Å². The Balaban J connectivity index is 3.18. The van der Waals surface area contributed by atoms with Gasteiger partial charge in [0.1, 0.15) is 5.84 Å². The molecule has 0 saturated carbocycles. The number of hydrogen-bond donors (Lipinski definition) is 2.